The van der Waals surface area contributed by atoms with E-state index in [1.807, 2.05) is 24.3 Å². The summed E-state index contributed by atoms with van der Waals surface area (Å²) in [6.45, 7) is 4.82. The fourth-order valence-electron chi connectivity index (χ4n) is 4.24. The Morgan fingerprint density at radius 2 is 1.81 bits per heavy atom. The van der Waals surface area contributed by atoms with E-state index in [4.69, 9.17) is 28.0 Å². The number of hydrogen-bond donors (Lipinski definition) is 0. The lowest BCUT2D eigenvalue weighted by atomic mass is 9.84. The Kier molecular flexibility index (Phi) is 6.74. The van der Waals surface area contributed by atoms with Gasteiger partial charge in [-0.15, -0.1) is 5.06 Å². The van der Waals surface area contributed by atoms with Crippen LogP contribution in [-0.4, -0.2) is 74.8 Å². The summed E-state index contributed by atoms with van der Waals surface area (Å²) in [6.07, 6.45) is -0.381. The monoisotopic (exact) mass is 462 g/mol. The molecule has 4 rings (SSSR count). The molecule has 1 unspecified atom stereocenters. The van der Waals surface area contributed by atoms with Gasteiger partial charge in [0.05, 0.1) is 0 Å². The van der Waals surface area contributed by atoms with Crippen LogP contribution in [0.4, 0.5) is 10.5 Å². The second kappa shape index (κ2) is 9.35. The van der Waals surface area contributed by atoms with Gasteiger partial charge in [0.25, 0.3) is 0 Å². The van der Waals surface area contributed by atoms with Gasteiger partial charge in [-0.05, 0) is 55.1 Å². The minimum absolute atomic E-state index is 0.118. The topological polar surface area (TPSA) is 39.3 Å². The Balaban J connectivity index is 1.55. The third-order valence-corrected chi connectivity index (χ3v) is 6.65. The molecular formula is C23H28Cl2N4O2. The van der Waals surface area contributed by atoms with Crippen LogP contribution in [0.2, 0.25) is 10.0 Å². The van der Waals surface area contributed by atoms with Crippen LogP contribution < -0.4 is 4.90 Å². The maximum absolute atomic E-state index is 12.7. The van der Waals surface area contributed by atoms with Crippen molar-refractivity contribution < 1.29 is 9.63 Å². The molecule has 31 heavy (non-hydrogen) atoms. The minimum atomic E-state index is -0.381. The summed E-state index contributed by atoms with van der Waals surface area (Å²) in [4.78, 5) is 24.4. The van der Waals surface area contributed by atoms with E-state index in [9.17, 15) is 4.79 Å². The first-order chi connectivity index (χ1) is 14.8. The fraction of sp³-hybridized carbons (Fsp3) is 0.435. The van der Waals surface area contributed by atoms with E-state index in [0.29, 0.717) is 23.1 Å². The van der Waals surface area contributed by atoms with Crippen molar-refractivity contribution in [1.82, 2.24) is 14.9 Å². The Hall–Kier alpha value is -1.83. The van der Waals surface area contributed by atoms with Crippen molar-refractivity contribution in [3.05, 3.63) is 63.1 Å². The SMILES string of the molecule is CN1CCN(OC(=O)N(C)c2cccc(C3CN(C)Cc4c(Cl)cc(Cl)cc43)c2)CC1. The van der Waals surface area contributed by atoms with Crippen molar-refractivity contribution in [3.63, 3.8) is 0 Å². The molecule has 2 heterocycles. The van der Waals surface area contributed by atoms with E-state index in [-0.39, 0.29) is 12.0 Å². The number of likely N-dealkylation sites (N-methyl/N-ethyl adjacent to an activating group) is 2. The maximum atomic E-state index is 12.7. The highest BCUT2D eigenvalue weighted by Gasteiger charge is 2.28. The average Bonchev–Trinajstić information content (AvgIpc) is 2.75. The normalized spacial score (nSPS) is 20.4. The zero-order valence-electron chi connectivity index (χ0n) is 18.1. The summed E-state index contributed by atoms with van der Waals surface area (Å²) in [5.74, 6) is 0.118. The molecule has 2 aliphatic rings. The molecule has 2 aromatic carbocycles. The van der Waals surface area contributed by atoms with Gasteiger partial charge in [-0.25, -0.2) is 4.79 Å². The molecule has 2 aromatic rings. The van der Waals surface area contributed by atoms with E-state index in [1.54, 1.807) is 23.1 Å². The molecule has 6 nitrogen and oxygen atoms in total. The van der Waals surface area contributed by atoms with Crippen LogP contribution in [0.15, 0.2) is 36.4 Å². The number of nitrogens with zero attached hydrogens (tertiary/aromatic N) is 4. The number of benzene rings is 2. The van der Waals surface area contributed by atoms with Gasteiger partial charge in [-0.1, -0.05) is 35.3 Å². The van der Waals surface area contributed by atoms with E-state index < -0.39 is 0 Å². The molecule has 166 valence electrons. The van der Waals surface area contributed by atoms with Crippen LogP contribution >= 0.6 is 23.2 Å². The van der Waals surface area contributed by atoms with Crippen LogP contribution in [0.5, 0.6) is 0 Å². The van der Waals surface area contributed by atoms with E-state index in [1.165, 1.54) is 0 Å². The molecule has 0 radical (unpaired) electrons. The summed E-state index contributed by atoms with van der Waals surface area (Å²) in [5, 5.41) is 3.07. The molecule has 0 saturated carbocycles. The number of piperazine rings is 1. The van der Waals surface area contributed by atoms with Gasteiger partial charge in [-0.3, -0.25) is 4.90 Å². The van der Waals surface area contributed by atoms with Gasteiger partial charge in [0, 0.05) is 68.0 Å². The molecule has 1 fully saturated rings. The predicted octanol–water partition coefficient (Wildman–Crippen LogP) is 4.31. The highest BCUT2D eigenvalue weighted by molar-refractivity contribution is 6.35. The molecule has 0 aromatic heterocycles. The summed E-state index contributed by atoms with van der Waals surface area (Å²) < 4.78 is 0. The number of halogens is 2. The first-order valence-electron chi connectivity index (χ1n) is 10.5. The van der Waals surface area contributed by atoms with Crippen molar-refractivity contribution in [1.29, 1.82) is 0 Å². The molecule has 0 N–H and O–H groups in total. The molecule has 1 saturated heterocycles. The molecular weight excluding hydrogens is 435 g/mol. The Labute approximate surface area is 193 Å². The van der Waals surface area contributed by atoms with Gasteiger partial charge in [0.1, 0.15) is 0 Å². The summed E-state index contributed by atoms with van der Waals surface area (Å²) >= 11 is 12.8. The molecule has 1 atom stereocenters. The summed E-state index contributed by atoms with van der Waals surface area (Å²) in [6, 6.07) is 11.9. The van der Waals surface area contributed by atoms with E-state index in [2.05, 4.69) is 30.0 Å². The third kappa shape index (κ3) is 4.99. The van der Waals surface area contributed by atoms with Crippen LogP contribution in [0.25, 0.3) is 0 Å². The third-order valence-electron chi connectivity index (χ3n) is 6.10. The number of hydrogen-bond acceptors (Lipinski definition) is 5. The zero-order chi connectivity index (χ0) is 22.1. The number of fused-ring (bicyclic) bond motifs is 1. The van der Waals surface area contributed by atoms with E-state index >= 15 is 0 Å². The largest absolute Gasteiger partial charge is 0.433 e. The van der Waals surface area contributed by atoms with Crippen LogP contribution in [-0.2, 0) is 11.4 Å². The second-order valence-electron chi connectivity index (χ2n) is 8.45. The smallest absolute Gasteiger partial charge is 0.351 e. The van der Waals surface area contributed by atoms with Gasteiger partial charge in [0.2, 0.25) is 0 Å². The van der Waals surface area contributed by atoms with Crippen molar-refractivity contribution in [2.24, 2.45) is 0 Å². The first-order valence-corrected chi connectivity index (χ1v) is 11.2. The van der Waals surface area contributed by atoms with Gasteiger partial charge in [0.15, 0.2) is 0 Å². The van der Waals surface area contributed by atoms with Crippen LogP contribution in [0.3, 0.4) is 0 Å². The highest BCUT2D eigenvalue weighted by atomic mass is 35.5. The Bertz CT molecular complexity index is 963. The molecule has 0 bridgehead atoms. The number of carbonyl (C=O) groups is 1. The molecule has 2 aliphatic heterocycles. The number of anilines is 1. The van der Waals surface area contributed by atoms with Crippen molar-refractivity contribution in [2.45, 2.75) is 12.5 Å². The van der Waals surface area contributed by atoms with Gasteiger partial charge in [-0.2, -0.15) is 0 Å². The minimum Gasteiger partial charge on any atom is -0.351 e. The van der Waals surface area contributed by atoms with Crippen molar-refractivity contribution in [2.75, 3.05) is 58.8 Å². The first kappa shape index (κ1) is 22.4. The lowest BCUT2D eigenvalue weighted by Crippen LogP contribution is -2.46. The Morgan fingerprint density at radius 1 is 1.06 bits per heavy atom. The lowest BCUT2D eigenvalue weighted by molar-refractivity contribution is -0.117. The zero-order valence-corrected chi connectivity index (χ0v) is 19.7. The number of rotatable bonds is 3. The van der Waals surface area contributed by atoms with Gasteiger partial charge >= 0.3 is 6.09 Å². The summed E-state index contributed by atoms with van der Waals surface area (Å²) in [7, 11) is 5.90. The predicted molar refractivity (Wildman–Crippen MR) is 125 cm³/mol. The quantitative estimate of drug-likeness (QED) is 0.679. The molecule has 0 spiro atoms. The standard InChI is InChI=1S/C23H28Cl2N4O2/c1-26-7-9-29(10-8-26)31-23(30)28(3)18-6-4-5-16(11-18)20-14-27(2)15-21-19(20)12-17(24)13-22(21)25/h4-6,11-13,20H,7-10,14-15H2,1-3H3. The maximum Gasteiger partial charge on any atom is 0.433 e. The second-order valence-corrected chi connectivity index (χ2v) is 9.29. The van der Waals surface area contributed by atoms with Crippen molar-refractivity contribution >= 4 is 35.0 Å². The number of carbonyl (C=O) groups excluding carboxylic acids is 1. The molecule has 1 amide bonds. The lowest BCUT2D eigenvalue weighted by Gasteiger charge is -2.34. The average molecular weight is 463 g/mol. The fourth-order valence-corrected chi connectivity index (χ4v) is 4.81. The van der Waals surface area contributed by atoms with E-state index in [0.717, 1.165) is 48.6 Å². The number of amides is 1. The van der Waals surface area contributed by atoms with Crippen LogP contribution in [0.1, 0.15) is 22.6 Å². The number of hydroxylamine groups is 2. The highest BCUT2D eigenvalue weighted by Crippen LogP contribution is 2.39. The molecule has 0 aliphatic carbocycles. The molecule has 8 heteroatoms. The summed E-state index contributed by atoms with van der Waals surface area (Å²) in [5.41, 5.74) is 4.16. The van der Waals surface area contributed by atoms with Crippen LogP contribution in [0, 0.1) is 0 Å². The Morgan fingerprint density at radius 3 is 2.55 bits per heavy atom. The van der Waals surface area contributed by atoms with Crippen molar-refractivity contribution in [3.8, 4) is 0 Å². The van der Waals surface area contributed by atoms with Gasteiger partial charge < -0.3 is 14.6 Å².